The lowest BCUT2D eigenvalue weighted by atomic mass is 10.2. The predicted molar refractivity (Wildman–Crippen MR) is 77.2 cm³/mol. The minimum absolute atomic E-state index is 0.00635. The molecule has 1 heterocycles. The molecule has 1 aromatic rings. The van der Waals surface area contributed by atoms with E-state index in [2.05, 4.69) is 15.4 Å². The average Bonchev–Trinajstić information content (AvgIpc) is 2.88. The van der Waals surface area contributed by atoms with Crippen molar-refractivity contribution in [3.05, 3.63) is 29.8 Å². The molecule has 0 aliphatic carbocycles. The van der Waals surface area contributed by atoms with Crippen LogP contribution in [0.1, 0.15) is 18.9 Å². The number of nitrogens with one attached hydrogen (secondary N) is 2. The highest BCUT2D eigenvalue weighted by atomic mass is 19.4. The fourth-order valence-electron chi connectivity index (χ4n) is 2.19. The molecule has 2 N–H and O–H groups in total. The molecule has 2 atom stereocenters. The van der Waals surface area contributed by atoms with Gasteiger partial charge in [-0.05, 0) is 31.0 Å². The van der Waals surface area contributed by atoms with Gasteiger partial charge in [-0.1, -0.05) is 12.1 Å². The number of amides is 2. The van der Waals surface area contributed by atoms with Gasteiger partial charge in [-0.2, -0.15) is 13.2 Å². The van der Waals surface area contributed by atoms with E-state index in [1.54, 1.807) is 12.1 Å². The first-order valence-electron chi connectivity index (χ1n) is 7.28. The normalized spacial score (nSPS) is 21.0. The summed E-state index contributed by atoms with van der Waals surface area (Å²) in [6.07, 6.45) is -3.59. The second-order valence-corrected chi connectivity index (χ2v) is 5.35. The first-order chi connectivity index (χ1) is 10.8. The molecule has 0 saturated carbocycles. The maximum Gasteiger partial charge on any atom is 0.422 e. The Hall–Kier alpha value is -1.96. The van der Waals surface area contributed by atoms with Crippen LogP contribution < -0.4 is 15.4 Å². The van der Waals surface area contributed by atoms with Crippen molar-refractivity contribution in [1.29, 1.82) is 0 Å². The number of benzene rings is 1. The zero-order valence-corrected chi connectivity index (χ0v) is 12.7. The number of alkyl halides is 3. The molecule has 1 fully saturated rings. The Bertz CT molecular complexity index is 520. The van der Waals surface area contributed by atoms with Crippen molar-refractivity contribution in [2.24, 2.45) is 0 Å². The molecule has 1 aromatic carbocycles. The van der Waals surface area contributed by atoms with Crippen LogP contribution in [0.15, 0.2) is 24.3 Å². The molecular formula is C15H19F3N2O3. The molecule has 2 amide bonds. The Morgan fingerprint density at radius 1 is 1.35 bits per heavy atom. The van der Waals surface area contributed by atoms with E-state index in [4.69, 9.17) is 4.74 Å². The smallest absolute Gasteiger partial charge is 0.422 e. The number of hydrogen-bond donors (Lipinski definition) is 2. The predicted octanol–water partition coefficient (Wildman–Crippen LogP) is 2.60. The van der Waals surface area contributed by atoms with Crippen LogP contribution in [0.25, 0.3) is 0 Å². The summed E-state index contributed by atoms with van der Waals surface area (Å²) in [6.45, 7) is 1.48. The minimum Gasteiger partial charge on any atom is -0.484 e. The van der Waals surface area contributed by atoms with E-state index in [1.165, 1.54) is 12.1 Å². The molecule has 1 aliphatic rings. The van der Waals surface area contributed by atoms with Crippen LogP contribution in [0, 0.1) is 0 Å². The highest BCUT2D eigenvalue weighted by molar-refractivity contribution is 5.74. The van der Waals surface area contributed by atoms with Crippen LogP contribution >= 0.6 is 0 Å². The Kier molecular flexibility index (Phi) is 5.70. The Labute approximate surface area is 132 Å². The van der Waals surface area contributed by atoms with E-state index in [0.717, 1.165) is 12.0 Å². The quantitative estimate of drug-likeness (QED) is 0.871. The number of carbonyl (C=O) groups excluding carboxylic acids is 1. The monoisotopic (exact) mass is 332 g/mol. The summed E-state index contributed by atoms with van der Waals surface area (Å²) in [5.74, 6) is 0.132. The number of halogens is 3. The van der Waals surface area contributed by atoms with Gasteiger partial charge in [-0.3, -0.25) is 0 Å². The van der Waals surface area contributed by atoms with Gasteiger partial charge >= 0.3 is 12.2 Å². The third kappa shape index (κ3) is 5.97. The molecule has 8 heteroatoms. The Balaban J connectivity index is 1.74. The van der Waals surface area contributed by atoms with Crippen molar-refractivity contribution in [3.8, 4) is 5.75 Å². The summed E-state index contributed by atoms with van der Waals surface area (Å²) >= 11 is 0. The maximum atomic E-state index is 12.0. The zero-order valence-electron chi connectivity index (χ0n) is 12.7. The summed E-state index contributed by atoms with van der Waals surface area (Å²) in [4.78, 5) is 11.8. The number of rotatable bonds is 5. The lowest BCUT2D eigenvalue weighted by Crippen LogP contribution is -2.44. The van der Waals surface area contributed by atoms with Crippen LogP contribution in [0.4, 0.5) is 18.0 Å². The Morgan fingerprint density at radius 3 is 2.61 bits per heavy atom. The summed E-state index contributed by atoms with van der Waals surface area (Å²) in [6, 6.07) is 5.78. The van der Waals surface area contributed by atoms with E-state index >= 15 is 0 Å². The third-order valence-electron chi connectivity index (χ3n) is 3.47. The van der Waals surface area contributed by atoms with Gasteiger partial charge in [0.25, 0.3) is 0 Å². The number of carbonyl (C=O) groups is 1. The second-order valence-electron chi connectivity index (χ2n) is 5.35. The molecular weight excluding hydrogens is 313 g/mol. The van der Waals surface area contributed by atoms with Gasteiger partial charge in [0.1, 0.15) is 5.75 Å². The van der Waals surface area contributed by atoms with Crippen molar-refractivity contribution in [2.75, 3.05) is 13.2 Å². The van der Waals surface area contributed by atoms with Gasteiger partial charge in [0, 0.05) is 13.2 Å². The summed E-state index contributed by atoms with van der Waals surface area (Å²) in [5, 5.41) is 5.52. The number of urea groups is 1. The van der Waals surface area contributed by atoms with Crippen LogP contribution in [0.3, 0.4) is 0 Å². The molecule has 1 aliphatic heterocycles. The van der Waals surface area contributed by atoms with Gasteiger partial charge in [-0.15, -0.1) is 0 Å². The SMILES string of the molecule is C[C@@H]1OCC[C@H]1NC(=O)NCc1ccc(OCC(F)(F)F)cc1. The minimum atomic E-state index is -4.36. The van der Waals surface area contributed by atoms with Crippen LogP contribution in [0.2, 0.25) is 0 Å². The van der Waals surface area contributed by atoms with Gasteiger partial charge in [0.05, 0.1) is 12.1 Å². The van der Waals surface area contributed by atoms with E-state index in [1.807, 2.05) is 6.92 Å². The van der Waals surface area contributed by atoms with Crippen molar-refractivity contribution < 1.29 is 27.4 Å². The topological polar surface area (TPSA) is 59.6 Å². The highest BCUT2D eigenvalue weighted by Crippen LogP contribution is 2.18. The highest BCUT2D eigenvalue weighted by Gasteiger charge is 2.28. The van der Waals surface area contributed by atoms with Crippen LogP contribution in [0.5, 0.6) is 5.75 Å². The third-order valence-corrected chi connectivity index (χ3v) is 3.47. The molecule has 0 bridgehead atoms. The summed E-state index contributed by atoms with van der Waals surface area (Å²) < 4.78 is 46.1. The van der Waals surface area contributed by atoms with Gasteiger partial charge in [-0.25, -0.2) is 4.79 Å². The molecule has 5 nitrogen and oxygen atoms in total. The Morgan fingerprint density at radius 2 is 2.04 bits per heavy atom. The second kappa shape index (κ2) is 7.54. The van der Waals surface area contributed by atoms with E-state index in [9.17, 15) is 18.0 Å². The molecule has 0 spiro atoms. The van der Waals surface area contributed by atoms with Crippen LogP contribution in [-0.4, -0.2) is 37.6 Å². The number of ether oxygens (including phenoxy) is 2. The number of hydrogen-bond acceptors (Lipinski definition) is 3. The molecule has 23 heavy (non-hydrogen) atoms. The molecule has 1 saturated heterocycles. The molecule has 0 radical (unpaired) electrons. The largest absolute Gasteiger partial charge is 0.484 e. The lowest BCUT2D eigenvalue weighted by molar-refractivity contribution is -0.153. The fourth-order valence-corrected chi connectivity index (χ4v) is 2.19. The zero-order chi connectivity index (χ0) is 16.9. The van der Waals surface area contributed by atoms with Gasteiger partial charge in [0.15, 0.2) is 6.61 Å². The fraction of sp³-hybridized carbons (Fsp3) is 0.533. The molecule has 0 unspecified atom stereocenters. The van der Waals surface area contributed by atoms with Crippen molar-refractivity contribution in [2.45, 2.75) is 38.2 Å². The van der Waals surface area contributed by atoms with Gasteiger partial charge < -0.3 is 20.1 Å². The first kappa shape index (κ1) is 17.4. The first-order valence-corrected chi connectivity index (χ1v) is 7.28. The van der Waals surface area contributed by atoms with Crippen LogP contribution in [-0.2, 0) is 11.3 Å². The molecule has 0 aromatic heterocycles. The van der Waals surface area contributed by atoms with Crippen molar-refractivity contribution in [3.63, 3.8) is 0 Å². The summed E-state index contributed by atoms with van der Waals surface area (Å²) in [7, 11) is 0. The molecule has 128 valence electrons. The van der Waals surface area contributed by atoms with Gasteiger partial charge in [0.2, 0.25) is 0 Å². The van der Waals surface area contributed by atoms with Crippen molar-refractivity contribution >= 4 is 6.03 Å². The average molecular weight is 332 g/mol. The lowest BCUT2D eigenvalue weighted by Gasteiger charge is -2.16. The summed E-state index contributed by atoms with van der Waals surface area (Å²) in [5.41, 5.74) is 0.759. The van der Waals surface area contributed by atoms with E-state index in [-0.39, 0.29) is 30.5 Å². The standard InChI is InChI=1S/C15H19F3N2O3/c1-10-13(6-7-22-10)20-14(21)19-8-11-2-4-12(5-3-11)23-9-15(16,17)18/h2-5,10,13H,6-9H2,1H3,(H2,19,20,21)/t10-,13+/m0/s1. The molecule has 2 rings (SSSR count). The van der Waals surface area contributed by atoms with E-state index < -0.39 is 12.8 Å². The maximum absolute atomic E-state index is 12.0. The van der Waals surface area contributed by atoms with Crippen molar-refractivity contribution in [1.82, 2.24) is 10.6 Å². The van der Waals surface area contributed by atoms with E-state index in [0.29, 0.717) is 6.61 Å².